The van der Waals surface area contributed by atoms with Gasteiger partial charge in [-0.2, -0.15) is 0 Å². The van der Waals surface area contributed by atoms with Crippen molar-refractivity contribution in [2.24, 2.45) is 0 Å². The molecular formula is C12H14N2O2. The third-order valence-electron chi connectivity index (χ3n) is 2.71. The molecule has 0 spiro atoms. The lowest BCUT2D eigenvalue weighted by molar-refractivity contribution is 0.0690. The van der Waals surface area contributed by atoms with Gasteiger partial charge in [0.25, 0.3) is 0 Å². The van der Waals surface area contributed by atoms with Crippen molar-refractivity contribution < 1.29 is 9.90 Å². The molecule has 1 aromatic heterocycles. The highest BCUT2D eigenvalue weighted by atomic mass is 16.4. The fourth-order valence-electron chi connectivity index (χ4n) is 1.89. The highest BCUT2D eigenvalue weighted by Gasteiger charge is 2.11. The summed E-state index contributed by atoms with van der Waals surface area (Å²) in [6.45, 7) is 3.69. The van der Waals surface area contributed by atoms with Crippen molar-refractivity contribution >= 4 is 11.5 Å². The van der Waals surface area contributed by atoms with Crippen molar-refractivity contribution in [3.8, 4) is 0 Å². The Morgan fingerprint density at radius 3 is 2.88 bits per heavy atom. The molecule has 84 valence electrons. The molecule has 0 amide bonds. The molecule has 4 heteroatoms. The molecule has 1 aromatic rings. The van der Waals surface area contributed by atoms with E-state index in [0.29, 0.717) is 0 Å². The molecule has 0 saturated heterocycles. The van der Waals surface area contributed by atoms with Crippen LogP contribution in [0.3, 0.4) is 0 Å². The van der Waals surface area contributed by atoms with Crippen LogP contribution in [0, 0.1) is 6.92 Å². The van der Waals surface area contributed by atoms with E-state index in [1.54, 1.807) is 6.07 Å². The fourth-order valence-corrected chi connectivity index (χ4v) is 1.89. The zero-order chi connectivity index (χ0) is 11.5. The first-order valence-electron chi connectivity index (χ1n) is 5.29. The van der Waals surface area contributed by atoms with Gasteiger partial charge in [-0.3, -0.25) is 0 Å². The number of nitrogens with zero attached hydrogens (tertiary/aromatic N) is 1. The average Bonchev–Trinajstić information content (AvgIpc) is 2.30. The standard InChI is InChI=1S/C12H14N2O2/c1-8-10(9-4-6-13-7-5-9)2-3-11(14-8)12(15)16/h2-4,13H,5-7H2,1H3,(H,15,16). The number of hydrogen-bond donors (Lipinski definition) is 2. The number of rotatable bonds is 2. The summed E-state index contributed by atoms with van der Waals surface area (Å²) in [5, 5.41) is 12.1. The molecule has 2 heterocycles. The van der Waals surface area contributed by atoms with Crippen LogP contribution < -0.4 is 5.32 Å². The van der Waals surface area contributed by atoms with Crippen LogP contribution in [0.4, 0.5) is 0 Å². The first-order chi connectivity index (χ1) is 7.68. The van der Waals surface area contributed by atoms with E-state index in [1.807, 2.05) is 13.0 Å². The monoisotopic (exact) mass is 218 g/mol. The minimum Gasteiger partial charge on any atom is -0.477 e. The summed E-state index contributed by atoms with van der Waals surface area (Å²) in [6.07, 6.45) is 3.10. The minimum atomic E-state index is -0.978. The van der Waals surface area contributed by atoms with E-state index in [-0.39, 0.29) is 5.69 Å². The van der Waals surface area contributed by atoms with Crippen molar-refractivity contribution in [2.45, 2.75) is 13.3 Å². The number of carbonyl (C=O) groups is 1. The summed E-state index contributed by atoms with van der Waals surface area (Å²) in [6, 6.07) is 3.41. The zero-order valence-electron chi connectivity index (χ0n) is 9.16. The second-order valence-corrected chi connectivity index (χ2v) is 3.82. The Labute approximate surface area is 94.0 Å². The summed E-state index contributed by atoms with van der Waals surface area (Å²) in [5.41, 5.74) is 3.20. The smallest absolute Gasteiger partial charge is 0.354 e. The Hall–Kier alpha value is -1.68. The molecule has 1 aliphatic rings. The third-order valence-corrected chi connectivity index (χ3v) is 2.71. The zero-order valence-corrected chi connectivity index (χ0v) is 9.16. The molecule has 0 fully saturated rings. The predicted octanol–water partition coefficient (Wildman–Crippen LogP) is 1.46. The van der Waals surface area contributed by atoms with Crippen LogP contribution in [0.25, 0.3) is 5.57 Å². The summed E-state index contributed by atoms with van der Waals surface area (Å²) >= 11 is 0. The molecule has 0 saturated carbocycles. The Balaban J connectivity index is 2.35. The molecule has 0 atom stereocenters. The number of hydrogen-bond acceptors (Lipinski definition) is 3. The maximum Gasteiger partial charge on any atom is 0.354 e. The molecule has 1 aliphatic heterocycles. The van der Waals surface area contributed by atoms with Crippen LogP contribution in [-0.4, -0.2) is 29.1 Å². The molecule has 4 nitrogen and oxygen atoms in total. The molecule has 0 unspecified atom stereocenters. The van der Waals surface area contributed by atoms with Crippen molar-refractivity contribution in [1.82, 2.24) is 10.3 Å². The normalized spacial score (nSPS) is 15.7. The summed E-state index contributed by atoms with van der Waals surface area (Å²) < 4.78 is 0. The molecule has 0 aliphatic carbocycles. The van der Waals surface area contributed by atoms with E-state index in [2.05, 4.69) is 16.4 Å². The summed E-state index contributed by atoms with van der Waals surface area (Å²) in [5.74, 6) is -0.978. The van der Waals surface area contributed by atoms with Gasteiger partial charge >= 0.3 is 5.97 Å². The number of pyridine rings is 1. The topological polar surface area (TPSA) is 62.2 Å². The minimum absolute atomic E-state index is 0.107. The molecule has 0 radical (unpaired) electrons. The van der Waals surface area contributed by atoms with Crippen LogP contribution in [0.5, 0.6) is 0 Å². The molecule has 0 bridgehead atoms. The molecule has 2 N–H and O–H groups in total. The van der Waals surface area contributed by atoms with Gasteiger partial charge < -0.3 is 10.4 Å². The Morgan fingerprint density at radius 2 is 2.31 bits per heavy atom. The van der Waals surface area contributed by atoms with Crippen LogP contribution >= 0.6 is 0 Å². The lowest BCUT2D eigenvalue weighted by atomic mass is 9.99. The van der Waals surface area contributed by atoms with Gasteiger partial charge in [-0.25, -0.2) is 9.78 Å². The third kappa shape index (κ3) is 2.12. The van der Waals surface area contributed by atoms with Crippen molar-refractivity contribution in [1.29, 1.82) is 0 Å². The van der Waals surface area contributed by atoms with E-state index in [0.717, 1.165) is 30.8 Å². The van der Waals surface area contributed by atoms with Gasteiger partial charge in [-0.1, -0.05) is 12.1 Å². The SMILES string of the molecule is Cc1nc(C(=O)O)ccc1C1=CCNCC1. The van der Waals surface area contributed by atoms with E-state index in [4.69, 9.17) is 5.11 Å². The van der Waals surface area contributed by atoms with Crippen molar-refractivity contribution in [3.63, 3.8) is 0 Å². The van der Waals surface area contributed by atoms with E-state index in [9.17, 15) is 4.79 Å². The van der Waals surface area contributed by atoms with E-state index >= 15 is 0 Å². The highest BCUT2D eigenvalue weighted by molar-refractivity contribution is 5.86. The first kappa shape index (κ1) is 10.8. The predicted molar refractivity (Wildman–Crippen MR) is 61.4 cm³/mol. The molecule has 16 heavy (non-hydrogen) atoms. The van der Waals surface area contributed by atoms with Crippen molar-refractivity contribution in [2.75, 3.05) is 13.1 Å². The Bertz CT molecular complexity index is 452. The lowest BCUT2D eigenvalue weighted by Gasteiger charge is -2.15. The quantitative estimate of drug-likeness (QED) is 0.789. The largest absolute Gasteiger partial charge is 0.477 e. The van der Waals surface area contributed by atoms with Gasteiger partial charge in [-0.05, 0) is 37.1 Å². The van der Waals surface area contributed by atoms with Gasteiger partial charge in [0.1, 0.15) is 5.69 Å². The average molecular weight is 218 g/mol. The van der Waals surface area contributed by atoms with Crippen LogP contribution in [0.1, 0.15) is 28.2 Å². The highest BCUT2D eigenvalue weighted by Crippen LogP contribution is 2.22. The number of carboxylic acid groups (broad SMARTS) is 1. The van der Waals surface area contributed by atoms with Gasteiger partial charge in [0.15, 0.2) is 0 Å². The second kappa shape index (κ2) is 4.45. The second-order valence-electron chi connectivity index (χ2n) is 3.82. The fraction of sp³-hybridized carbons (Fsp3) is 0.333. The van der Waals surface area contributed by atoms with Gasteiger partial charge in [0.2, 0.25) is 0 Å². The maximum absolute atomic E-state index is 10.8. The molecule has 2 rings (SSSR count). The number of nitrogens with one attached hydrogen (secondary N) is 1. The molecular weight excluding hydrogens is 204 g/mol. The van der Waals surface area contributed by atoms with Crippen LogP contribution in [0.2, 0.25) is 0 Å². The lowest BCUT2D eigenvalue weighted by Crippen LogP contribution is -2.20. The van der Waals surface area contributed by atoms with E-state index in [1.165, 1.54) is 5.57 Å². The number of aromatic carboxylic acids is 1. The van der Waals surface area contributed by atoms with Gasteiger partial charge in [0.05, 0.1) is 0 Å². The number of aromatic nitrogens is 1. The van der Waals surface area contributed by atoms with Gasteiger partial charge in [-0.15, -0.1) is 0 Å². The van der Waals surface area contributed by atoms with Gasteiger partial charge in [0, 0.05) is 12.2 Å². The first-order valence-corrected chi connectivity index (χ1v) is 5.29. The van der Waals surface area contributed by atoms with E-state index < -0.39 is 5.97 Å². The Morgan fingerprint density at radius 1 is 1.50 bits per heavy atom. The maximum atomic E-state index is 10.8. The summed E-state index contributed by atoms with van der Waals surface area (Å²) in [4.78, 5) is 14.8. The number of aryl methyl sites for hydroxylation is 1. The molecule has 0 aromatic carbocycles. The van der Waals surface area contributed by atoms with Crippen molar-refractivity contribution in [3.05, 3.63) is 35.2 Å². The van der Waals surface area contributed by atoms with Crippen LogP contribution in [-0.2, 0) is 0 Å². The van der Waals surface area contributed by atoms with Crippen LogP contribution in [0.15, 0.2) is 18.2 Å². The Kier molecular flexibility index (Phi) is 3.01. The number of carboxylic acids is 1. The summed E-state index contributed by atoms with van der Waals surface area (Å²) in [7, 11) is 0.